The minimum atomic E-state index is -0.0475. The summed E-state index contributed by atoms with van der Waals surface area (Å²) >= 11 is 1.63. The molecule has 0 bridgehead atoms. The number of rotatable bonds is 5. The van der Waals surface area contributed by atoms with E-state index in [0.717, 1.165) is 16.4 Å². The van der Waals surface area contributed by atoms with Gasteiger partial charge in [-0.05, 0) is 39.0 Å². The fourth-order valence-electron chi connectivity index (χ4n) is 1.78. The van der Waals surface area contributed by atoms with Gasteiger partial charge in [0.25, 0.3) is 5.91 Å². The van der Waals surface area contributed by atoms with Crippen LogP contribution in [0.4, 0.5) is 5.69 Å². The molecule has 2 rings (SSSR count). The number of carbonyl (C=O) groups excluding carboxylic acids is 1. The molecule has 106 valence electrons. The quantitative estimate of drug-likeness (QED) is 0.888. The second-order valence-electron chi connectivity index (χ2n) is 4.95. The predicted octanol–water partition coefficient (Wildman–Crippen LogP) is 3.20. The standard InChI is InChI=1S/C15H19N3OS/c1-10(2)17-15(19)12-5-4-6-13(7-12)16-8-14-18-11(3)9-20-14/h4-7,9-10,16H,8H2,1-3H3,(H,17,19). The van der Waals surface area contributed by atoms with Crippen molar-refractivity contribution in [2.75, 3.05) is 5.32 Å². The van der Waals surface area contributed by atoms with Crippen molar-refractivity contribution >= 4 is 22.9 Å². The molecule has 0 fully saturated rings. The van der Waals surface area contributed by atoms with Gasteiger partial charge in [-0.3, -0.25) is 4.79 Å². The normalized spacial score (nSPS) is 10.6. The highest BCUT2D eigenvalue weighted by Crippen LogP contribution is 2.14. The highest BCUT2D eigenvalue weighted by atomic mass is 32.1. The van der Waals surface area contributed by atoms with Gasteiger partial charge in [0.1, 0.15) is 5.01 Å². The zero-order valence-electron chi connectivity index (χ0n) is 11.9. The molecule has 0 spiro atoms. The van der Waals surface area contributed by atoms with Crippen LogP contribution in [0, 0.1) is 6.92 Å². The third-order valence-electron chi connectivity index (χ3n) is 2.65. The Balaban J connectivity index is 2.00. The topological polar surface area (TPSA) is 54.0 Å². The average Bonchev–Trinajstić information content (AvgIpc) is 2.82. The number of nitrogens with zero attached hydrogens (tertiary/aromatic N) is 1. The molecule has 5 heteroatoms. The minimum absolute atomic E-state index is 0.0475. The summed E-state index contributed by atoms with van der Waals surface area (Å²) in [4.78, 5) is 16.3. The second kappa shape index (κ2) is 6.52. The summed E-state index contributed by atoms with van der Waals surface area (Å²) in [6.07, 6.45) is 0. The summed E-state index contributed by atoms with van der Waals surface area (Å²) in [5.41, 5.74) is 2.63. The lowest BCUT2D eigenvalue weighted by Crippen LogP contribution is -2.30. The Morgan fingerprint density at radius 3 is 2.85 bits per heavy atom. The molecule has 0 radical (unpaired) electrons. The number of aromatic nitrogens is 1. The average molecular weight is 289 g/mol. The van der Waals surface area contributed by atoms with E-state index in [9.17, 15) is 4.79 Å². The van der Waals surface area contributed by atoms with Crippen LogP contribution in [-0.4, -0.2) is 16.9 Å². The fourth-order valence-corrected chi connectivity index (χ4v) is 2.49. The van der Waals surface area contributed by atoms with Crippen LogP contribution in [0.3, 0.4) is 0 Å². The Morgan fingerprint density at radius 2 is 2.20 bits per heavy atom. The molecule has 4 nitrogen and oxygen atoms in total. The van der Waals surface area contributed by atoms with Crippen molar-refractivity contribution in [1.29, 1.82) is 0 Å². The molecule has 1 heterocycles. The maximum Gasteiger partial charge on any atom is 0.251 e. The summed E-state index contributed by atoms with van der Waals surface area (Å²) in [5, 5.41) is 9.25. The lowest BCUT2D eigenvalue weighted by molar-refractivity contribution is 0.0943. The van der Waals surface area contributed by atoms with Gasteiger partial charge in [0.05, 0.1) is 6.54 Å². The lowest BCUT2D eigenvalue weighted by atomic mass is 10.2. The van der Waals surface area contributed by atoms with Gasteiger partial charge in [-0.15, -0.1) is 11.3 Å². The van der Waals surface area contributed by atoms with E-state index >= 15 is 0 Å². The largest absolute Gasteiger partial charge is 0.379 e. The van der Waals surface area contributed by atoms with Crippen LogP contribution in [0.15, 0.2) is 29.6 Å². The van der Waals surface area contributed by atoms with Crippen molar-refractivity contribution in [3.63, 3.8) is 0 Å². The summed E-state index contributed by atoms with van der Waals surface area (Å²) in [6.45, 7) is 6.56. The lowest BCUT2D eigenvalue weighted by Gasteiger charge is -2.10. The van der Waals surface area contributed by atoms with E-state index in [2.05, 4.69) is 15.6 Å². The van der Waals surface area contributed by atoms with Crippen LogP contribution >= 0.6 is 11.3 Å². The van der Waals surface area contributed by atoms with Crippen molar-refractivity contribution < 1.29 is 4.79 Å². The van der Waals surface area contributed by atoms with Crippen LogP contribution < -0.4 is 10.6 Å². The summed E-state index contributed by atoms with van der Waals surface area (Å²) < 4.78 is 0. The van der Waals surface area contributed by atoms with Gasteiger partial charge in [-0.1, -0.05) is 6.07 Å². The maximum atomic E-state index is 11.9. The van der Waals surface area contributed by atoms with Gasteiger partial charge in [0.15, 0.2) is 0 Å². The van der Waals surface area contributed by atoms with Crippen LogP contribution in [0.25, 0.3) is 0 Å². The molecule has 20 heavy (non-hydrogen) atoms. The second-order valence-corrected chi connectivity index (χ2v) is 5.89. The first-order valence-corrected chi connectivity index (χ1v) is 7.48. The smallest absolute Gasteiger partial charge is 0.251 e. The summed E-state index contributed by atoms with van der Waals surface area (Å²) in [6, 6.07) is 7.64. The van der Waals surface area contributed by atoms with E-state index in [1.807, 2.05) is 50.4 Å². The van der Waals surface area contributed by atoms with E-state index in [1.54, 1.807) is 11.3 Å². The first kappa shape index (κ1) is 14.5. The van der Waals surface area contributed by atoms with Crippen molar-refractivity contribution in [2.45, 2.75) is 33.4 Å². The fraction of sp³-hybridized carbons (Fsp3) is 0.333. The van der Waals surface area contributed by atoms with E-state index < -0.39 is 0 Å². The third-order valence-corrected chi connectivity index (χ3v) is 3.62. The highest BCUT2D eigenvalue weighted by molar-refractivity contribution is 7.09. The summed E-state index contributed by atoms with van der Waals surface area (Å²) in [5.74, 6) is -0.0475. The number of carbonyl (C=O) groups is 1. The number of hydrogen-bond acceptors (Lipinski definition) is 4. The monoisotopic (exact) mass is 289 g/mol. The molecule has 1 amide bonds. The molecule has 0 aliphatic carbocycles. The first-order valence-electron chi connectivity index (χ1n) is 6.60. The van der Waals surface area contributed by atoms with Gasteiger partial charge >= 0.3 is 0 Å². The molecule has 2 N–H and O–H groups in total. The molecule has 0 aliphatic rings. The number of benzene rings is 1. The van der Waals surface area contributed by atoms with Crippen molar-refractivity contribution in [2.24, 2.45) is 0 Å². The molecule has 0 atom stereocenters. The van der Waals surface area contributed by atoms with Crippen LogP contribution in [0.1, 0.15) is 34.9 Å². The van der Waals surface area contributed by atoms with Crippen LogP contribution in [-0.2, 0) is 6.54 Å². The molecular weight excluding hydrogens is 270 g/mol. The molecule has 2 aromatic rings. The molecule has 0 aliphatic heterocycles. The van der Waals surface area contributed by atoms with Gasteiger partial charge in [0.2, 0.25) is 0 Å². The number of amides is 1. The number of anilines is 1. The molecular formula is C15H19N3OS. The maximum absolute atomic E-state index is 11.9. The molecule has 0 unspecified atom stereocenters. The molecule has 1 aromatic heterocycles. The highest BCUT2D eigenvalue weighted by Gasteiger charge is 2.07. The van der Waals surface area contributed by atoms with Gasteiger partial charge in [-0.2, -0.15) is 0 Å². The predicted molar refractivity (Wildman–Crippen MR) is 83.2 cm³/mol. The third kappa shape index (κ3) is 4.06. The summed E-state index contributed by atoms with van der Waals surface area (Å²) in [7, 11) is 0. The molecule has 1 aromatic carbocycles. The number of thiazole rings is 1. The zero-order chi connectivity index (χ0) is 14.5. The van der Waals surface area contributed by atoms with Crippen molar-refractivity contribution in [3.05, 3.63) is 45.9 Å². The number of hydrogen-bond donors (Lipinski definition) is 2. The Morgan fingerprint density at radius 1 is 1.40 bits per heavy atom. The number of aryl methyl sites for hydroxylation is 1. The van der Waals surface area contributed by atoms with Crippen LogP contribution in [0.2, 0.25) is 0 Å². The Hall–Kier alpha value is -1.88. The zero-order valence-corrected chi connectivity index (χ0v) is 12.8. The first-order chi connectivity index (χ1) is 9.54. The molecule has 0 saturated heterocycles. The van der Waals surface area contributed by atoms with E-state index in [0.29, 0.717) is 12.1 Å². The van der Waals surface area contributed by atoms with Gasteiger partial charge in [-0.25, -0.2) is 4.98 Å². The van der Waals surface area contributed by atoms with Crippen molar-refractivity contribution in [1.82, 2.24) is 10.3 Å². The Bertz CT molecular complexity index is 592. The van der Waals surface area contributed by atoms with E-state index in [1.165, 1.54) is 0 Å². The van der Waals surface area contributed by atoms with Crippen LogP contribution in [0.5, 0.6) is 0 Å². The number of nitrogens with one attached hydrogen (secondary N) is 2. The SMILES string of the molecule is Cc1csc(CNc2cccc(C(=O)NC(C)C)c2)n1. The van der Waals surface area contributed by atoms with E-state index in [-0.39, 0.29) is 11.9 Å². The van der Waals surface area contributed by atoms with Gasteiger partial charge < -0.3 is 10.6 Å². The minimum Gasteiger partial charge on any atom is -0.379 e. The van der Waals surface area contributed by atoms with Gasteiger partial charge in [0, 0.05) is 28.4 Å². The van der Waals surface area contributed by atoms with Crippen molar-refractivity contribution in [3.8, 4) is 0 Å². The Labute approximate surface area is 123 Å². The Kier molecular flexibility index (Phi) is 4.74. The molecule has 0 saturated carbocycles. The van der Waals surface area contributed by atoms with E-state index in [4.69, 9.17) is 0 Å².